The molecule has 1 heterocycles. The third-order valence-corrected chi connectivity index (χ3v) is 7.21. The van der Waals surface area contributed by atoms with E-state index in [0.29, 0.717) is 31.3 Å². The Hall–Kier alpha value is -2.87. The van der Waals surface area contributed by atoms with Crippen molar-refractivity contribution in [2.75, 3.05) is 20.3 Å². The van der Waals surface area contributed by atoms with Gasteiger partial charge in [-0.2, -0.15) is 4.31 Å². The number of aryl methyl sites for hydroxylation is 1. The lowest BCUT2D eigenvalue weighted by molar-refractivity contribution is 0.107. The third kappa shape index (κ3) is 5.12. The van der Waals surface area contributed by atoms with Crippen molar-refractivity contribution >= 4 is 10.0 Å². The van der Waals surface area contributed by atoms with Crippen molar-refractivity contribution < 1.29 is 22.6 Å². The lowest BCUT2D eigenvalue weighted by Crippen LogP contribution is -2.32. The molecule has 3 aromatic rings. The van der Waals surface area contributed by atoms with Crippen LogP contribution < -0.4 is 9.47 Å². The lowest BCUT2D eigenvalue weighted by Gasteiger charge is -2.20. The second-order valence-electron chi connectivity index (χ2n) is 7.79. The molecule has 0 atom stereocenters. The summed E-state index contributed by atoms with van der Waals surface area (Å²) in [6, 6.07) is 20.6. The van der Waals surface area contributed by atoms with Crippen molar-refractivity contribution in [3.63, 3.8) is 0 Å². The maximum Gasteiger partial charge on any atom is 0.243 e. The molecule has 1 aliphatic rings. The normalized spacial score (nSPS) is 14.3. The molecule has 3 aromatic carbocycles. The maximum atomic E-state index is 13.2. The number of sulfonamides is 1. The molecule has 0 amide bonds. The fourth-order valence-electron chi connectivity index (χ4n) is 3.72. The molecule has 32 heavy (non-hydrogen) atoms. The molecule has 0 spiro atoms. The summed E-state index contributed by atoms with van der Waals surface area (Å²) in [5, 5.41) is 0. The average Bonchev–Trinajstić information content (AvgIpc) is 3.02. The summed E-state index contributed by atoms with van der Waals surface area (Å²) in [5.74, 6) is 1.21. The molecule has 0 radical (unpaired) electrons. The maximum absolute atomic E-state index is 13.2. The summed E-state index contributed by atoms with van der Waals surface area (Å²) in [7, 11) is -2.17. The van der Waals surface area contributed by atoms with Gasteiger partial charge in [0.05, 0.1) is 25.2 Å². The van der Waals surface area contributed by atoms with E-state index in [-0.39, 0.29) is 18.0 Å². The van der Waals surface area contributed by atoms with E-state index >= 15 is 0 Å². The fraction of sp³-hybridized carbons (Fsp3) is 0.280. The molecule has 0 fully saturated rings. The number of rotatable bonds is 7. The van der Waals surface area contributed by atoms with Gasteiger partial charge in [-0.25, -0.2) is 8.42 Å². The van der Waals surface area contributed by atoms with Gasteiger partial charge < -0.3 is 14.2 Å². The molecule has 1 aliphatic heterocycles. The van der Waals surface area contributed by atoms with Gasteiger partial charge in [0.15, 0.2) is 0 Å². The number of hydrogen-bond acceptors (Lipinski definition) is 5. The summed E-state index contributed by atoms with van der Waals surface area (Å²) in [6.45, 7) is 3.81. The monoisotopic (exact) mass is 453 g/mol. The van der Waals surface area contributed by atoms with Gasteiger partial charge in [0.2, 0.25) is 10.0 Å². The summed E-state index contributed by atoms with van der Waals surface area (Å²) in [6.07, 6.45) is 0. The van der Waals surface area contributed by atoms with Gasteiger partial charge in [-0.05, 0) is 42.3 Å². The predicted molar refractivity (Wildman–Crippen MR) is 122 cm³/mol. The first-order chi connectivity index (χ1) is 15.5. The van der Waals surface area contributed by atoms with Crippen LogP contribution in [0.25, 0.3) is 0 Å². The zero-order valence-electron chi connectivity index (χ0n) is 18.3. The zero-order valence-corrected chi connectivity index (χ0v) is 19.1. The highest BCUT2D eigenvalue weighted by Gasteiger charge is 2.28. The van der Waals surface area contributed by atoms with E-state index in [1.54, 1.807) is 18.2 Å². The summed E-state index contributed by atoms with van der Waals surface area (Å²) >= 11 is 0. The van der Waals surface area contributed by atoms with Gasteiger partial charge in [-0.3, -0.25) is 0 Å². The number of hydrogen-bond donors (Lipinski definition) is 0. The second-order valence-corrected chi connectivity index (χ2v) is 9.73. The van der Waals surface area contributed by atoms with Crippen LogP contribution in [0.3, 0.4) is 0 Å². The summed E-state index contributed by atoms with van der Waals surface area (Å²) in [4.78, 5) is 0.206. The van der Waals surface area contributed by atoms with Crippen molar-refractivity contribution in [1.82, 2.24) is 4.31 Å². The van der Waals surface area contributed by atoms with E-state index in [1.807, 2.05) is 30.3 Å². The van der Waals surface area contributed by atoms with Crippen LogP contribution in [0.4, 0.5) is 0 Å². The Labute approximate surface area is 189 Å². The quantitative estimate of drug-likeness (QED) is 0.534. The highest BCUT2D eigenvalue weighted by Crippen LogP contribution is 2.29. The van der Waals surface area contributed by atoms with Crippen LogP contribution in [0.15, 0.2) is 71.6 Å². The molecule has 168 valence electrons. The zero-order chi connectivity index (χ0) is 22.6. The molecule has 0 saturated carbocycles. The first-order valence-corrected chi connectivity index (χ1v) is 11.9. The Balaban J connectivity index is 1.49. The molecule has 0 N–H and O–H groups in total. The van der Waals surface area contributed by atoms with E-state index in [0.717, 1.165) is 16.7 Å². The standard InChI is InChI=1S/C25H27NO5S/c1-19-5-3-6-20(13-19)17-30-18-21-9-10-25-22(14-21)16-26(11-12-31-25)32(27,28)24-8-4-7-23(15-24)29-2/h3-10,13-15H,11-12,16-18H2,1-2H3. The van der Waals surface area contributed by atoms with Gasteiger partial charge in [-0.15, -0.1) is 0 Å². The van der Waals surface area contributed by atoms with Crippen LogP contribution in [0.2, 0.25) is 0 Å². The highest BCUT2D eigenvalue weighted by molar-refractivity contribution is 7.89. The minimum Gasteiger partial charge on any atom is -0.497 e. The molecule has 0 aliphatic carbocycles. The first-order valence-electron chi connectivity index (χ1n) is 10.5. The van der Waals surface area contributed by atoms with Gasteiger partial charge >= 0.3 is 0 Å². The van der Waals surface area contributed by atoms with Crippen molar-refractivity contribution in [3.05, 3.63) is 89.0 Å². The van der Waals surface area contributed by atoms with E-state index in [2.05, 4.69) is 19.1 Å². The Morgan fingerprint density at radius 2 is 1.75 bits per heavy atom. The molecule has 6 nitrogen and oxygen atoms in total. The van der Waals surface area contributed by atoms with Crippen molar-refractivity contribution in [1.29, 1.82) is 0 Å². The molecule has 0 saturated heterocycles. The Morgan fingerprint density at radius 1 is 0.969 bits per heavy atom. The SMILES string of the molecule is COc1cccc(S(=O)(=O)N2CCOc3ccc(COCc4cccc(C)c4)cc3C2)c1. The van der Waals surface area contributed by atoms with Gasteiger partial charge in [0.25, 0.3) is 0 Å². The summed E-state index contributed by atoms with van der Waals surface area (Å²) < 4.78 is 44.8. The Kier molecular flexibility index (Phi) is 6.79. The van der Waals surface area contributed by atoms with Crippen molar-refractivity contribution in [2.24, 2.45) is 0 Å². The molecular weight excluding hydrogens is 426 g/mol. The van der Waals surface area contributed by atoms with E-state index < -0.39 is 10.0 Å². The minimum absolute atomic E-state index is 0.206. The Bertz CT molecular complexity index is 1190. The van der Waals surface area contributed by atoms with Gasteiger partial charge in [0.1, 0.15) is 18.1 Å². The van der Waals surface area contributed by atoms with Gasteiger partial charge in [0, 0.05) is 24.7 Å². The molecule has 0 aromatic heterocycles. The van der Waals surface area contributed by atoms with Gasteiger partial charge in [-0.1, -0.05) is 42.0 Å². The predicted octanol–water partition coefficient (Wildman–Crippen LogP) is 4.30. The lowest BCUT2D eigenvalue weighted by atomic mass is 10.1. The highest BCUT2D eigenvalue weighted by atomic mass is 32.2. The minimum atomic E-state index is -3.69. The first kappa shape index (κ1) is 22.3. The molecule has 4 rings (SSSR count). The topological polar surface area (TPSA) is 65.1 Å². The smallest absolute Gasteiger partial charge is 0.243 e. The van der Waals surface area contributed by atoms with Crippen LogP contribution in [-0.2, 0) is 34.5 Å². The van der Waals surface area contributed by atoms with E-state index in [4.69, 9.17) is 14.2 Å². The van der Waals surface area contributed by atoms with Crippen LogP contribution in [0.1, 0.15) is 22.3 Å². The molecule has 7 heteroatoms. The number of benzene rings is 3. The largest absolute Gasteiger partial charge is 0.497 e. The van der Waals surface area contributed by atoms with Crippen LogP contribution >= 0.6 is 0 Å². The summed E-state index contributed by atoms with van der Waals surface area (Å²) in [5.41, 5.74) is 4.12. The Morgan fingerprint density at radius 3 is 2.53 bits per heavy atom. The second kappa shape index (κ2) is 9.73. The third-order valence-electron chi connectivity index (χ3n) is 5.37. The van der Waals surface area contributed by atoms with Crippen molar-refractivity contribution in [3.8, 4) is 11.5 Å². The number of fused-ring (bicyclic) bond motifs is 1. The number of methoxy groups -OCH3 is 1. The van der Waals surface area contributed by atoms with Crippen molar-refractivity contribution in [2.45, 2.75) is 31.6 Å². The van der Waals surface area contributed by atoms with Crippen LogP contribution in [-0.4, -0.2) is 33.0 Å². The van der Waals surface area contributed by atoms with Crippen LogP contribution in [0, 0.1) is 6.92 Å². The average molecular weight is 454 g/mol. The molecule has 0 bridgehead atoms. The number of nitrogens with zero attached hydrogens (tertiary/aromatic N) is 1. The fourth-order valence-corrected chi connectivity index (χ4v) is 5.16. The van der Waals surface area contributed by atoms with Crippen LogP contribution in [0.5, 0.6) is 11.5 Å². The number of ether oxygens (including phenoxy) is 3. The van der Waals surface area contributed by atoms with E-state index in [9.17, 15) is 8.42 Å². The van der Waals surface area contributed by atoms with E-state index in [1.165, 1.54) is 23.0 Å². The molecular formula is C25H27NO5S. The molecule has 0 unspecified atom stereocenters.